The largest absolute Gasteiger partial charge is 0.483 e. The number of ether oxygens (including phenoxy) is 2. The van der Waals surface area contributed by atoms with Crippen molar-refractivity contribution in [3.8, 4) is 11.1 Å². The van der Waals surface area contributed by atoms with Gasteiger partial charge < -0.3 is 18.4 Å². The third-order valence-corrected chi connectivity index (χ3v) is 6.31. The van der Waals surface area contributed by atoms with Crippen LogP contribution in [0.4, 0.5) is 0 Å². The molecule has 2 atom stereocenters. The SMILES string of the molecule is COC1=N[C@H](C(C)C)C(OC)=N[C@H]1Cc1ccc(-c2c(C)cc(C)n(C)c2=O)c2nccn12. The zero-order chi connectivity index (χ0) is 23.9. The van der Waals surface area contributed by atoms with E-state index < -0.39 is 0 Å². The molecule has 0 unspecified atom stereocenters. The standard InChI is InChI=1S/C25H31N5O3/c1-14(2)21-24(33-7)27-19(23(28-21)32-6)13-17-8-9-18(22-26-10-11-30(17)22)20-15(3)12-16(4)29(5)25(20)31/h8-12,14,19,21H,13H2,1-7H3/t19-,21+/m0/s1. The lowest BCUT2D eigenvalue weighted by Crippen LogP contribution is -2.38. The Hall–Kier alpha value is -3.42. The van der Waals surface area contributed by atoms with E-state index in [0.717, 1.165) is 28.2 Å². The minimum Gasteiger partial charge on any atom is -0.483 e. The normalized spacial score (nSPS) is 18.4. The van der Waals surface area contributed by atoms with E-state index in [0.29, 0.717) is 23.8 Å². The van der Waals surface area contributed by atoms with E-state index in [9.17, 15) is 4.79 Å². The molecule has 0 spiro atoms. The van der Waals surface area contributed by atoms with E-state index >= 15 is 0 Å². The number of methoxy groups -OCH3 is 2. The predicted octanol–water partition coefficient (Wildman–Crippen LogP) is 3.36. The molecular formula is C25H31N5O3. The number of aryl methyl sites for hydroxylation is 2. The van der Waals surface area contributed by atoms with Gasteiger partial charge in [0.15, 0.2) is 0 Å². The molecule has 0 aliphatic carbocycles. The van der Waals surface area contributed by atoms with Gasteiger partial charge in [-0.2, -0.15) is 0 Å². The molecule has 3 aromatic rings. The van der Waals surface area contributed by atoms with E-state index in [1.165, 1.54) is 0 Å². The van der Waals surface area contributed by atoms with Crippen molar-refractivity contribution in [3.05, 3.63) is 57.9 Å². The highest BCUT2D eigenvalue weighted by atomic mass is 16.5. The van der Waals surface area contributed by atoms with Crippen molar-refractivity contribution in [1.29, 1.82) is 0 Å². The molecular weight excluding hydrogens is 418 g/mol. The Morgan fingerprint density at radius 2 is 1.82 bits per heavy atom. The number of fused-ring (bicyclic) bond motifs is 1. The van der Waals surface area contributed by atoms with Crippen LogP contribution in [-0.4, -0.2) is 52.1 Å². The van der Waals surface area contributed by atoms with Crippen LogP contribution in [0, 0.1) is 19.8 Å². The molecule has 0 bridgehead atoms. The van der Waals surface area contributed by atoms with Gasteiger partial charge in [-0.25, -0.2) is 15.0 Å². The van der Waals surface area contributed by atoms with E-state index in [1.54, 1.807) is 32.0 Å². The second-order valence-electron chi connectivity index (χ2n) is 8.82. The number of hydrogen-bond donors (Lipinski definition) is 0. The minimum absolute atomic E-state index is 0.0275. The smallest absolute Gasteiger partial charge is 0.258 e. The second kappa shape index (κ2) is 8.84. The highest BCUT2D eigenvalue weighted by molar-refractivity contribution is 5.94. The van der Waals surface area contributed by atoms with Crippen LogP contribution in [0.3, 0.4) is 0 Å². The molecule has 3 aromatic heterocycles. The Labute approximate surface area is 193 Å². The number of nitrogens with zero attached hydrogens (tertiary/aromatic N) is 5. The van der Waals surface area contributed by atoms with Crippen LogP contribution in [0.2, 0.25) is 0 Å². The van der Waals surface area contributed by atoms with E-state index in [1.807, 2.05) is 42.6 Å². The Morgan fingerprint density at radius 1 is 1.09 bits per heavy atom. The van der Waals surface area contributed by atoms with Crippen molar-refractivity contribution >= 4 is 17.4 Å². The molecule has 1 aliphatic rings. The lowest BCUT2D eigenvalue weighted by Gasteiger charge is -2.27. The lowest BCUT2D eigenvalue weighted by molar-refractivity contribution is 0.332. The molecule has 0 saturated carbocycles. The molecule has 8 nitrogen and oxygen atoms in total. The van der Waals surface area contributed by atoms with Crippen molar-refractivity contribution in [2.75, 3.05) is 14.2 Å². The molecule has 33 heavy (non-hydrogen) atoms. The Balaban J connectivity index is 1.78. The van der Waals surface area contributed by atoms with Crippen LogP contribution in [0.15, 0.2) is 45.4 Å². The van der Waals surface area contributed by atoms with E-state index in [4.69, 9.17) is 19.5 Å². The van der Waals surface area contributed by atoms with Crippen LogP contribution < -0.4 is 5.56 Å². The average Bonchev–Trinajstić information content (AvgIpc) is 3.29. The number of aliphatic imine (C=N–C) groups is 2. The summed E-state index contributed by atoms with van der Waals surface area (Å²) in [5.74, 6) is 1.46. The Bertz CT molecular complexity index is 1320. The molecule has 0 fully saturated rings. The van der Waals surface area contributed by atoms with Crippen molar-refractivity contribution in [3.63, 3.8) is 0 Å². The molecule has 174 valence electrons. The fourth-order valence-corrected chi connectivity index (χ4v) is 4.43. The molecule has 0 amide bonds. The van der Waals surface area contributed by atoms with Gasteiger partial charge >= 0.3 is 0 Å². The van der Waals surface area contributed by atoms with Gasteiger partial charge in [0.25, 0.3) is 5.56 Å². The minimum atomic E-state index is -0.301. The Morgan fingerprint density at radius 3 is 2.48 bits per heavy atom. The number of imidazole rings is 1. The van der Waals surface area contributed by atoms with Gasteiger partial charge in [-0.05, 0) is 43.5 Å². The summed E-state index contributed by atoms with van der Waals surface area (Å²) < 4.78 is 14.8. The predicted molar refractivity (Wildman–Crippen MR) is 130 cm³/mol. The van der Waals surface area contributed by atoms with Gasteiger partial charge in [0.1, 0.15) is 17.7 Å². The summed E-state index contributed by atoms with van der Waals surface area (Å²) in [7, 11) is 5.05. The highest BCUT2D eigenvalue weighted by Gasteiger charge is 2.31. The van der Waals surface area contributed by atoms with Crippen molar-refractivity contribution in [1.82, 2.24) is 14.0 Å². The topological polar surface area (TPSA) is 82.5 Å². The first-order valence-electron chi connectivity index (χ1n) is 11.1. The third-order valence-electron chi connectivity index (χ3n) is 6.31. The monoisotopic (exact) mass is 449 g/mol. The summed E-state index contributed by atoms with van der Waals surface area (Å²) in [6, 6.07) is 5.57. The second-order valence-corrected chi connectivity index (χ2v) is 8.82. The van der Waals surface area contributed by atoms with Crippen molar-refractivity contribution in [2.24, 2.45) is 23.0 Å². The lowest BCUT2D eigenvalue weighted by atomic mass is 10.00. The first-order valence-corrected chi connectivity index (χ1v) is 11.1. The van der Waals surface area contributed by atoms with Crippen LogP contribution in [-0.2, 0) is 22.9 Å². The number of rotatable bonds is 4. The molecule has 0 N–H and O–H groups in total. The van der Waals surface area contributed by atoms with Gasteiger partial charge in [0, 0.05) is 42.8 Å². The highest BCUT2D eigenvalue weighted by Crippen LogP contribution is 2.27. The van der Waals surface area contributed by atoms with E-state index in [-0.39, 0.29) is 23.6 Å². The Kier molecular flexibility index (Phi) is 6.10. The fraction of sp³-hybridized carbons (Fsp3) is 0.440. The van der Waals surface area contributed by atoms with Crippen LogP contribution in [0.25, 0.3) is 16.8 Å². The molecule has 4 rings (SSSR count). The maximum atomic E-state index is 13.1. The van der Waals surface area contributed by atoms with E-state index in [2.05, 4.69) is 18.8 Å². The summed E-state index contributed by atoms with van der Waals surface area (Å²) in [4.78, 5) is 27.3. The number of pyridine rings is 2. The van der Waals surface area contributed by atoms with Gasteiger partial charge in [0.2, 0.25) is 11.8 Å². The summed E-state index contributed by atoms with van der Waals surface area (Å²) in [6.45, 7) is 8.07. The molecule has 0 aromatic carbocycles. The van der Waals surface area contributed by atoms with Gasteiger partial charge in [-0.1, -0.05) is 13.8 Å². The molecule has 4 heterocycles. The van der Waals surface area contributed by atoms with Gasteiger partial charge in [0.05, 0.1) is 19.8 Å². The number of aromatic nitrogens is 3. The summed E-state index contributed by atoms with van der Waals surface area (Å²) in [6.07, 6.45) is 4.22. The molecule has 1 aliphatic heterocycles. The van der Waals surface area contributed by atoms with Crippen LogP contribution >= 0.6 is 0 Å². The zero-order valence-corrected chi connectivity index (χ0v) is 20.3. The fourth-order valence-electron chi connectivity index (χ4n) is 4.43. The van der Waals surface area contributed by atoms with Crippen molar-refractivity contribution in [2.45, 2.75) is 46.2 Å². The zero-order valence-electron chi connectivity index (χ0n) is 20.3. The molecule has 8 heteroatoms. The molecule has 0 saturated heterocycles. The first kappa shape index (κ1) is 22.8. The maximum absolute atomic E-state index is 13.1. The van der Waals surface area contributed by atoms with Gasteiger partial charge in [-0.3, -0.25) is 4.79 Å². The van der Waals surface area contributed by atoms with Crippen LogP contribution in [0.5, 0.6) is 0 Å². The third kappa shape index (κ3) is 3.94. The first-order chi connectivity index (χ1) is 15.8. The molecule has 0 radical (unpaired) electrons. The number of hydrogen-bond acceptors (Lipinski definition) is 6. The summed E-state index contributed by atoms with van der Waals surface area (Å²) in [5.41, 5.74) is 5.04. The average molecular weight is 450 g/mol. The van der Waals surface area contributed by atoms with Crippen LogP contribution in [0.1, 0.15) is 30.8 Å². The quantitative estimate of drug-likeness (QED) is 0.612. The maximum Gasteiger partial charge on any atom is 0.258 e. The van der Waals surface area contributed by atoms with Crippen molar-refractivity contribution < 1.29 is 9.47 Å². The van der Waals surface area contributed by atoms with Gasteiger partial charge in [-0.15, -0.1) is 0 Å². The summed E-state index contributed by atoms with van der Waals surface area (Å²) in [5, 5.41) is 0. The summed E-state index contributed by atoms with van der Waals surface area (Å²) >= 11 is 0.